The van der Waals surface area contributed by atoms with Crippen LogP contribution in [0, 0.1) is 0 Å². The molecule has 1 aliphatic heterocycles. The highest BCUT2D eigenvalue weighted by Crippen LogP contribution is 2.28. The lowest BCUT2D eigenvalue weighted by Gasteiger charge is -2.12. The number of rotatable bonds is 3. The lowest BCUT2D eigenvalue weighted by atomic mass is 10.1. The number of aromatic carboxylic acids is 1. The molecule has 1 N–H and O–H groups in total. The standard InChI is InChI=1S/C10H11NO5/c1-14-8-4-6(10-15-2-3-16-10)7(5-11-8)9(12)13/h4-5,10H,2-3H2,1H3,(H,12,13). The minimum Gasteiger partial charge on any atom is -0.481 e. The van der Waals surface area contributed by atoms with Crippen molar-refractivity contribution in [1.29, 1.82) is 0 Å². The number of hydrogen-bond acceptors (Lipinski definition) is 5. The molecule has 6 heteroatoms. The molecule has 16 heavy (non-hydrogen) atoms. The van der Waals surface area contributed by atoms with Gasteiger partial charge in [0.15, 0.2) is 6.29 Å². The molecule has 0 spiro atoms. The first-order valence-corrected chi connectivity index (χ1v) is 4.73. The average molecular weight is 225 g/mol. The molecule has 0 aliphatic carbocycles. The fraction of sp³-hybridized carbons (Fsp3) is 0.400. The van der Waals surface area contributed by atoms with Crippen LogP contribution in [0.4, 0.5) is 0 Å². The van der Waals surface area contributed by atoms with Crippen LogP contribution in [-0.4, -0.2) is 36.4 Å². The molecular formula is C10H11NO5. The van der Waals surface area contributed by atoms with Crippen LogP contribution in [0.1, 0.15) is 22.2 Å². The fourth-order valence-electron chi connectivity index (χ4n) is 1.47. The Morgan fingerprint density at radius 1 is 1.56 bits per heavy atom. The van der Waals surface area contributed by atoms with Gasteiger partial charge in [0.25, 0.3) is 0 Å². The molecule has 0 unspecified atom stereocenters. The molecule has 1 aromatic heterocycles. The number of carboxylic acid groups (broad SMARTS) is 1. The maximum absolute atomic E-state index is 11.0. The van der Waals surface area contributed by atoms with Crippen molar-refractivity contribution in [2.24, 2.45) is 0 Å². The Balaban J connectivity index is 2.40. The topological polar surface area (TPSA) is 77.9 Å². The molecule has 0 aromatic carbocycles. The quantitative estimate of drug-likeness (QED) is 0.821. The number of hydrogen-bond donors (Lipinski definition) is 1. The third kappa shape index (κ3) is 1.98. The second-order valence-electron chi connectivity index (χ2n) is 3.19. The summed E-state index contributed by atoms with van der Waals surface area (Å²) in [6.45, 7) is 0.905. The largest absolute Gasteiger partial charge is 0.481 e. The SMILES string of the molecule is COc1cc(C2OCCO2)c(C(=O)O)cn1. The summed E-state index contributed by atoms with van der Waals surface area (Å²) in [7, 11) is 1.46. The Morgan fingerprint density at radius 3 is 2.81 bits per heavy atom. The molecule has 0 saturated carbocycles. The Morgan fingerprint density at radius 2 is 2.25 bits per heavy atom. The number of ether oxygens (including phenoxy) is 3. The predicted molar refractivity (Wildman–Crippen MR) is 52.4 cm³/mol. The van der Waals surface area contributed by atoms with E-state index in [9.17, 15) is 4.79 Å². The van der Waals surface area contributed by atoms with Crippen LogP contribution in [-0.2, 0) is 9.47 Å². The first-order chi connectivity index (χ1) is 7.72. The summed E-state index contributed by atoms with van der Waals surface area (Å²) in [5.41, 5.74) is 0.490. The van der Waals surface area contributed by atoms with Gasteiger partial charge in [0.1, 0.15) is 0 Å². The summed E-state index contributed by atoms with van der Waals surface area (Å²) in [5, 5.41) is 9.00. The van der Waals surface area contributed by atoms with Crippen LogP contribution < -0.4 is 4.74 Å². The minimum atomic E-state index is -1.07. The summed E-state index contributed by atoms with van der Waals surface area (Å²) in [6, 6.07) is 1.51. The van der Waals surface area contributed by atoms with Gasteiger partial charge >= 0.3 is 5.97 Å². The van der Waals surface area contributed by atoms with E-state index in [1.54, 1.807) is 0 Å². The van der Waals surface area contributed by atoms with Gasteiger partial charge in [-0.15, -0.1) is 0 Å². The van der Waals surface area contributed by atoms with Gasteiger partial charge in [-0.3, -0.25) is 0 Å². The second kappa shape index (κ2) is 4.46. The van der Waals surface area contributed by atoms with E-state index in [-0.39, 0.29) is 5.56 Å². The van der Waals surface area contributed by atoms with E-state index in [0.29, 0.717) is 24.7 Å². The third-order valence-corrected chi connectivity index (χ3v) is 2.23. The molecule has 2 rings (SSSR count). The Bertz CT molecular complexity index is 400. The highest BCUT2D eigenvalue weighted by molar-refractivity contribution is 5.89. The van der Waals surface area contributed by atoms with Crippen molar-refractivity contribution in [2.45, 2.75) is 6.29 Å². The lowest BCUT2D eigenvalue weighted by molar-refractivity contribution is -0.0450. The summed E-state index contributed by atoms with van der Waals surface area (Å²) in [4.78, 5) is 14.8. The Labute approximate surface area is 91.8 Å². The van der Waals surface area contributed by atoms with Gasteiger partial charge in [-0.25, -0.2) is 9.78 Å². The highest BCUT2D eigenvalue weighted by Gasteiger charge is 2.25. The molecule has 1 fully saturated rings. The van der Waals surface area contributed by atoms with Crippen molar-refractivity contribution in [2.75, 3.05) is 20.3 Å². The molecule has 1 aromatic rings. The van der Waals surface area contributed by atoms with E-state index in [0.717, 1.165) is 0 Å². The Hall–Kier alpha value is -1.66. The van der Waals surface area contributed by atoms with Crippen LogP contribution in [0.2, 0.25) is 0 Å². The molecule has 1 aliphatic rings. The zero-order valence-corrected chi connectivity index (χ0v) is 8.67. The minimum absolute atomic E-state index is 0.0627. The molecule has 0 bridgehead atoms. The second-order valence-corrected chi connectivity index (χ2v) is 3.19. The number of aromatic nitrogens is 1. The first kappa shape index (κ1) is 10.8. The molecule has 0 atom stereocenters. The fourth-order valence-corrected chi connectivity index (χ4v) is 1.47. The van der Waals surface area contributed by atoms with Gasteiger partial charge in [0.2, 0.25) is 5.88 Å². The van der Waals surface area contributed by atoms with E-state index >= 15 is 0 Å². The maximum atomic E-state index is 11.0. The summed E-state index contributed by atoms with van der Waals surface area (Å²) in [6.07, 6.45) is 0.588. The van der Waals surface area contributed by atoms with Crippen molar-refractivity contribution >= 4 is 5.97 Å². The van der Waals surface area contributed by atoms with Crippen molar-refractivity contribution in [1.82, 2.24) is 4.98 Å². The monoisotopic (exact) mass is 225 g/mol. The van der Waals surface area contributed by atoms with Crippen LogP contribution in [0.25, 0.3) is 0 Å². The molecule has 1 saturated heterocycles. The van der Waals surface area contributed by atoms with Crippen molar-refractivity contribution in [3.05, 3.63) is 23.4 Å². The number of pyridine rings is 1. The number of carboxylic acids is 1. The van der Waals surface area contributed by atoms with Gasteiger partial charge in [-0.2, -0.15) is 0 Å². The Kier molecular flexibility index (Phi) is 3.02. The third-order valence-electron chi connectivity index (χ3n) is 2.23. The zero-order valence-electron chi connectivity index (χ0n) is 8.67. The van der Waals surface area contributed by atoms with E-state index < -0.39 is 12.3 Å². The van der Waals surface area contributed by atoms with Crippen molar-refractivity contribution in [3.8, 4) is 5.88 Å². The smallest absolute Gasteiger partial charge is 0.337 e. The summed E-state index contributed by atoms with van der Waals surface area (Å²) < 4.78 is 15.5. The molecule has 0 amide bonds. The van der Waals surface area contributed by atoms with Gasteiger partial charge in [-0.1, -0.05) is 0 Å². The summed E-state index contributed by atoms with van der Waals surface area (Å²) >= 11 is 0. The van der Waals surface area contributed by atoms with Crippen molar-refractivity contribution in [3.63, 3.8) is 0 Å². The van der Waals surface area contributed by atoms with Crippen LogP contribution in [0.3, 0.4) is 0 Å². The number of nitrogens with zero attached hydrogens (tertiary/aromatic N) is 1. The molecule has 6 nitrogen and oxygen atoms in total. The van der Waals surface area contributed by atoms with Crippen molar-refractivity contribution < 1.29 is 24.1 Å². The van der Waals surface area contributed by atoms with E-state index in [2.05, 4.69) is 4.98 Å². The summed E-state index contributed by atoms with van der Waals surface area (Å²) in [5.74, 6) is -0.733. The van der Waals surface area contributed by atoms with E-state index in [4.69, 9.17) is 19.3 Å². The number of carbonyl (C=O) groups is 1. The molecule has 86 valence electrons. The molecular weight excluding hydrogens is 214 g/mol. The van der Waals surface area contributed by atoms with Crippen LogP contribution in [0.15, 0.2) is 12.3 Å². The van der Waals surface area contributed by atoms with E-state index in [1.807, 2.05) is 0 Å². The van der Waals surface area contributed by atoms with Gasteiger partial charge < -0.3 is 19.3 Å². The lowest BCUT2D eigenvalue weighted by Crippen LogP contribution is -2.09. The molecule has 0 radical (unpaired) electrons. The zero-order chi connectivity index (χ0) is 11.5. The first-order valence-electron chi connectivity index (χ1n) is 4.73. The van der Waals surface area contributed by atoms with Crippen LogP contribution in [0.5, 0.6) is 5.88 Å². The molecule has 2 heterocycles. The van der Waals surface area contributed by atoms with E-state index in [1.165, 1.54) is 19.4 Å². The van der Waals surface area contributed by atoms with Gasteiger partial charge in [0.05, 0.1) is 25.9 Å². The number of methoxy groups -OCH3 is 1. The predicted octanol–water partition coefficient (Wildman–Crippen LogP) is 0.834. The van der Waals surface area contributed by atoms with Gasteiger partial charge in [0, 0.05) is 17.8 Å². The van der Waals surface area contributed by atoms with Crippen LogP contribution >= 0.6 is 0 Å². The normalized spacial score (nSPS) is 16.3. The maximum Gasteiger partial charge on any atom is 0.337 e. The van der Waals surface area contributed by atoms with Gasteiger partial charge in [-0.05, 0) is 0 Å². The average Bonchev–Trinajstić information content (AvgIpc) is 2.81. The highest BCUT2D eigenvalue weighted by atomic mass is 16.7.